The molecule has 2 fully saturated rings. The largest absolute Gasteiger partial charge is 0.483 e. The summed E-state index contributed by atoms with van der Waals surface area (Å²) >= 11 is 0. The molecule has 2 N–H and O–H groups in total. The van der Waals surface area contributed by atoms with Crippen molar-refractivity contribution in [1.82, 2.24) is 19.6 Å². The number of nitrogens with one attached hydrogen (secondary N) is 1. The van der Waals surface area contributed by atoms with Gasteiger partial charge in [-0.3, -0.25) is 24.0 Å². The summed E-state index contributed by atoms with van der Waals surface area (Å²) in [5.74, 6) is 0.739. The fraction of sp³-hybridized carbons (Fsp3) is 0.455. The molecule has 0 saturated carbocycles. The third kappa shape index (κ3) is 5.69. The van der Waals surface area contributed by atoms with Gasteiger partial charge in [-0.15, -0.1) is 0 Å². The van der Waals surface area contributed by atoms with E-state index in [2.05, 4.69) is 27.4 Å². The van der Waals surface area contributed by atoms with E-state index in [0.29, 0.717) is 18.9 Å². The highest BCUT2D eigenvalue weighted by molar-refractivity contribution is 5.91. The lowest BCUT2D eigenvalue weighted by molar-refractivity contribution is -0.135. The van der Waals surface area contributed by atoms with Gasteiger partial charge in [0.15, 0.2) is 5.82 Å². The molecule has 9 heteroatoms. The number of aryl methyl sites for hydroxylation is 1. The fourth-order valence-corrected chi connectivity index (χ4v) is 4.35. The Balaban J connectivity index is 0.000000858. The van der Waals surface area contributed by atoms with E-state index in [1.165, 1.54) is 5.56 Å². The number of carbonyl (C=O) groups is 3. The lowest BCUT2D eigenvalue weighted by atomic mass is 9.85. The van der Waals surface area contributed by atoms with Crippen LogP contribution >= 0.6 is 0 Å². The van der Waals surface area contributed by atoms with Crippen LogP contribution in [0.4, 0.5) is 5.82 Å². The van der Waals surface area contributed by atoms with Gasteiger partial charge in [-0.1, -0.05) is 30.3 Å². The maximum atomic E-state index is 13.1. The van der Waals surface area contributed by atoms with Gasteiger partial charge < -0.3 is 15.3 Å². The summed E-state index contributed by atoms with van der Waals surface area (Å²) in [5.41, 5.74) is 0.956. The van der Waals surface area contributed by atoms with E-state index in [1.54, 1.807) is 16.9 Å². The van der Waals surface area contributed by atoms with Crippen LogP contribution in [0.25, 0.3) is 0 Å². The Kier molecular flexibility index (Phi) is 7.41. The van der Waals surface area contributed by atoms with Gasteiger partial charge in [0.1, 0.15) is 0 Å². The fourth-order valence-electron chi connectivity index (χ4n) is 4.35. The van der Waals surface area contributed by atoms with Crippen molar-refractivity contribution >= 4 is 24.1 Å². The molecule has 0 bridgehead atoms. The van der Waals surface area contributed by atoms with Crippen LogP contribution < -0.4 is 5.32 Å². The number of rotatable bonds is 6. The summed E-state index contributed by atoms with van der Waals surface area (Å²) in [7, 11) is 1.81. The van der Waals surface area contributed by atoms with E-state index in [1.807, 2.05) is 30.1 Å². The number of carboxylic acid groups (broad SMARTS) is 1. The predicted molar refractivity (Wildman–Crippen MR) is 115 cm³/mol. The zero-order valence-electron chi connectivity index (χ0n) is 17.7. The Morgan fingerprint density at radius 2 is 1.94 bits per heavy atom. The van der Waals surface area contributed by atoms with Crippen molar-refractivity contribution in [2.45, 2.75) is 19.3 Å². The van der Waals surface area contributed by atoms with E-state index >= 15 is 0 Å². The zero-order valence-corrected chi connectivity index (χ0v) is 17.7. The van der Waals surface area contributed by atoms with Crippen LogP contribution in [-0.2, 0) is 27.9 Å². The van der Waals surface area contributed by atoms with E-state index in [-0.39, 0.29) is 23.7 Å². The third-order valence-electron chi connectivity index (χ3n) is 5.90. The number of likely N-dealkylation sites (tertiary alicyclic amines) is 2. The van der Waals surface area contributed by atoms with Crippen molar-refractivity contribution in [3.05, 3.63) is 48.2 Å². The molecule has 9 nitrogen and oxygen atoms in total. The molecule has 166 valence electrons. The van der Waals surface area contributed by atoms with Crippen LogP contribution in [-0.4, -0.2) is 75.7 Å². The van der Waals surface area contributed by atoms with Crippen molar-refractivity contribution < 1.29 is 19.5 Å². The number of carbonyl (C=O) groups excluding carboxylic acids is 2. The van der Waals surface area contributed by atoms with Crippen molar-refractivity contribution in [2.24, 2.45) is 12.5 Å². The molecule has 31 heavy (non-hydrogen) atoms. The molecule has 1 spiro atoms. The highest BCUT2D eigenvalue weighted by Gasteiger charge is 2.50. The first-order chi connectivity index (χ1) is 15.0. The van der Waals surface area contributed by atoms with E-state index in [9.17, 15) is 9.59 Å². The van der Waals surface area contributed by atoms with Gasteiger partial charge in [0.25, 0.3) is 6.47 Å². The molecule has 3 heterocycles. The van der Waals surface area contributed by atoms with Gasteiger partial charge in [0, 0.05) is 38.9 Å². The van der Waals surface area contributed by atoms with Crippen LogP contribution in [0.3, 0.4) is 0 Å². The maximum Gasteiger partial charge on any atom is 0.290 e. The van der Waals surface area contributed by atoms with Gasteiger partial charge in [0.2, 0.25) is 11.8 Å². The lowest BCUT2D eigenvalue weighted by Gasteiger charge is -2.23. The second-order valence-corrected chi connectivity index (χ2v) is 8.05. The molecule has 2 aromatic rings. The second-order valence-electron chi connectivity index (χ2n) is 8.05. The smallest absolute Gasteiger partial charge is 0.290 e. The molecule has 1 unspecified atom stereocenters. The zero-order chi connectivity index (χ0) is 22.3. The van der Waals surface area contributed by atoms with Crippen molar-refractivity contribution in [3.63, 3.8) is 0 Å². The molecule has 2 aliphatic rings. The van der Waals surface area contributed by atoms with Crippen LogP contribution in [0.5, 0.6) is 0 Å². The Morgan fingerprint density at radius 3 is 2.61 bits per heavy atom. The molecular weight excluding hydrogens is 398 g/mol. The SMILES string of the molecule is Cn1ccc(NC(=O)CN2CCC3(CCN(CCc4ccccc4)C3=O)C2)n1.O=CO. The topological polar surface area (TPSA) is 108 Å². The minimum absolute atomic E-state index is 0.0814. The van der Waals surface area contributed by atoms with Crippen LogP contribution in [0, 0.1) is 5.41 Å². The van der Waals surface area contributed by atoms with Gasteiger partial charge in [0.05, 0.1) is 12.0 Å². The number of amides is 2. The molecular formula is C22H29N5O4. The minimum Gasteiger partial charge on any atom is -0.483 e. The van der Waals surface area contributed by atoms with Crippen LogP contribution in [0.1, 0.15) is 18.4 Å². The van der Waals surface area contributed by atoms with Gasteiger partial charge in [-0.05, 0) is 31.4 Å². The third-order valence-corrected chi connectivity index (χ3v) is 5.90. The molecule has 4 rings (SSSR count). The van der Waals surface area contributed by atoms with Crippen molar-refractivity contribution in [3.8, 4) is 0 Å². The van der Waals surface area contributed by atoms with Crippen molar-refractivity contribution in [1.29, 1.82) is 0 Å². The molecule has 0 aliphatic carbocycles. The van der Waals surface area contributed by atoms with Crippen molar-refractivity contribution in [2.75, 3.05) is 38.0 Å². The summed E-state index contributed by atoms with van der Waals surface area (Å²) < 4.78 is 1.65. The molecule has 0 radical (unpaired) electrons. The van der Waals surface area contributed by atoms with E-state index < -0.39 is 0 Å². The van der Waals surface area contributed by atoms with E-state index in [0.717, 1.165) is 38.9 Å². The number of anilines is 1. The van der Waals surface area contributed by atoms with Gasteiger partial charge in [-0.2, -0.15) is 5.10 Å². The number of hydrogen-bond acceptors (Lipinski definition) is 5. The maximum absolute atomic E-state index is 13.1. The average molecular weight is 428 g/mol. The first kappa shape index (κ1) is 22.5. The number of benzene rings is 1. The quantitative estimate of drug-likeness (QED) is 0.672. The number of aromatic nitrogens is 2. The highest BCUT2D eigenvalue weighted by Crippen LogP contribution is 2.40. The molecule has 2 saturated heterocycles. The second kappa shape index (κ2) is 10.2. The first-order valence-corrected chi connectivity index (χ1v) is 10.4. The summed E-state index contributed by atoms with van der Waals surface area (Å²) in [6, 6.07) is 12.1. The Labute approximate surface area is 181 Å². The first-order valence-electron chi connectivity index (χ1n) is 10.4. The minimum atomic E-state index is -0.304. The summed E-state index contributed by atoms with van der Waals surface area (Å²) in [6.45, 7) is 3.09. The summed E-state index contributed by atoms with van der Waals surface area (Å²) in [5, 5.41) is 13.9. The highest BCUT2D eigenvalue weighted by atomic mass is 16.3. The summed E-state index contributed by atoms with van der Waals surface area (Å²) in [4.78, 5) is 37.8. The Hall–Kier alpha value is -3.20. The predicted octanol–water partition coefficient (Wildman–Crippen LogP) is 1.23. The number of hydrogen-bond donors (Lipinski definition) is 2. The standard InChI is InChI=1S/C21H27N5O2.CH2O2/c1-24-11-8-18(23-24)22-19(27)15-25-13-9-21(16-25)10-14-26(20(21)28)12-7-17-5-3-2-4-6-17;2-1-3/h2-6,8,11H,7,9-10,12-16H2,1H3,(H,22,23,27);1H,(H,2,3). The average Bonchev–Trinajstić information content (AvgIpc) is 3.43. The monoisotopic (exact) mass is 427 g/mol. The van der Waals surface area contributed by atoms with Gasteiger partial charge >= 0.3 is 0 Å². The van der Waals surface area contributed by atoms with Crippen LogP contribution in [0.15, 0.2) is 42.6 Å². The Morgan fingerprint density at radius 1 is 1.23 bits per heavy atom. The summed E-state index contributed by atoms with van der Waals surface area (Å²) in [6.07, 6.45) is 4.41. The molecule has 1 aromatic heterocycles. The number of nitrogens with zero attached hydrogens (tertiary/aromatic N) is 4. The normalized spacial score (nSPS) is 20.5. The lowest BCUT2D eigenvalue weighted by Crippen LogP contribution is -2.39. The van der Waals surface area contributed by atoms with Crippen LogP contribution in [0.2, 0.25) is 0 Å². The Bertz CT molecular complexity index is 900. The van der Waals surface area contributed by atoms with E-state index in [4.69, 9.17) is 9.90 Å². The molecule has 2 amide bonds. The van der Waals surface area contributed by atoms with Gasteiger partial charge in [-0.25, -0.2) is 0 Å². The molecule has 1 atom stereocenters. The molecule has 2 aliphatic heterocycles. The molecule has 1 aromatic carbocycles.